The Hall–Kier alpha value is -3.65. The molecule has 2 fully saturated rings. The molecule has 0 unspecified atom stereocenters. The lowest BCUT2D eigenvalue weighted by Crippen LogP contribution is -2.63. The van der Waals surface area contributed by atoms with Gasteiger partial charge in [-0.1, -0.05) is 18.2 Å². The van der Waals surface area contributed by atoms with Gasteiger partial charge in [0.2, 0.25) is 5.91 Å². The number of pyridine rings is 1. The van der Waals surface area contributed by atoms with Gasteiger partial charge in [-0.15, -0.1) is 0 Å². The average molecular weight is 488 g/mol. The summed E-state index contributed by atoms with van der Waals surface area (Å²) >= 11 is 6.93. The number of hydrogen-bond donors (Lipinski definition) is 2. The average Bonchev–Trinajstić information content (AvgIpc) is 3.38. The second-order valence-electron chi connectivity index (χ2n) is 9.90. The topological polar surface area (TPSA) is 106 Å². The fraction of sp³-hybridized carbons (Fsp3) is 0.308. The number of nitrogens with zero attached hydrogens (tertiary/aromatic N) is 5. The number of hydrogen-bond acceptors (Lipinski definition) is 5. The third kappa shape index (κ3) is 3.27. The van der Waals surface area contributed by atoms with Crippen molar-refractivity contribution in [1.82, 2.24) is 29.9 Å². The van der Waals surface area contributed by atoms with Gasteiger partial charge in [-0.25, -0.2) is 4.98 Å². The number of halogens is 1. The molecule has 0 bridgehead atoms. The molecule has 2 aliphatic rings. The van der Waals surface area contributed by atoms with Crippen LogP contribution < -0.4 is 5.73 Å². The Morgan fingerprint density at radius 2 is 2.03 bits per heavy atom. The molecule has 4 aromatic rings. The van der Waals surface area contributed by atoms with Crippen LogP contribution in [-0.4, -0.2) is 48.9 Å². The number of H-pyrrole nitrogens is 1. The summed E-state index contributed by atoms with van der Waals surface area (Å²) in [5.41, 5.74) is 12.6. The van der Waals surface area contributed by atoms with E-state index in [9.17, 15) is 4.79 Å². The molecule has 1 aliphatic carbocycles. The summed E-state index contributed by atoms with van der Waals surface area (Å²) in [6, 6.07) is 6.01. The Balaban J connectivity index is 1.45. The number of nitrogens with two attached hydrogens (primary N) is 1. The van der Waals surface area contributed by atoms with Crippen LogP contribution in [-0.2, 0) is 4.79 Å². The number of benzene rings is 1. The Kier molecular flexibility index (Phi) is 4.79. The molecule has 1 aliphatic heterocycles. The number of carbonyl (C=O) groups is 1. The number of aromatic amines is 1. The molecule has 3 aromatic heterocycles. The van der Waals surface area contributed by atoms with Gasteiger partial charge in [0.25, 0.3) is 0 Å². The lowest BCUT2D eigenvalue weighted by Gasteiger charge is -2.58. The monoisotopic (exact) mass is 487 g/mol. The predicted octanol–water partition coefficient (Wildman–Crippen LogP) is 4.69. The number of likely N-dealkylation sites (tertiary alicyclic amines) is 1. The lowest BCUT2D eigenvalue weighted by atomic mass is 9.60. The fourth-order valence-electron chi connectivity index (χ4n) is 5.79. The van der Waals surface area contributed by atoms with Crippen LogP contribution in [0.4, 0.5) is 5.82 Å². The summed E-state index contributed by atoms with van der Waals surface area (Å²) in [6.45, 7) is 9.27. The van der Waals surface area contributed by atoms with Crippen molar-refractivity contribution in [2.75, 3.05) is 18.8 Å². The van der Waals surface area contributed by atoms with Crippen molar-refractivity contribution in [2.45, 2.75) is 32.7 Å². The van der Waals surface area contributed by atoms with Gasteiger partial charge < -0.3 is 10.6 Å². The van der Waals surface area contributed by atoms with Gasteiger partial charge in [0.15, 0.2) is 0 Å². The zero-order valence-electron chi connectivity index (χ0n) is 19.7. The Labute approximate surface area is 207 Å². The number of nitrogens with one attached hydrogen (secondary N) is 1. The normalized spacial score (nSPS) is 16.9. The summed E-state index contributed by atoms with van der Waals surface area (Å²) in [6.07, 6.45) is 6.93. The van der Waals surface area contributed by atoms with Crippen LogP contribution in [0, 0.1) is 19.3 Å². The zero-order chi connectivity index (χ0) is 24.5. The number of carbonyl (C=O) groups excluding carboxylic acids is 1. The molecule has 8 nitrogen and oxygen atoms in total. The maximum Gasteiger partial charge on any atom is 0.245 e. The van der Waals surface area contributed by atoms with Gasteiger partial charge in [-0.3, -0.25) is 14.6 Å². The molecule has 0 atom stereocenters. The molecule has 4 heterocycles. The molecule has 3 N–H and O–H groups in total. The van der Waals surface area contributed by atoms with E-state index in [2.05, 4.69) is 33.4 Å². The van der Waals surface area contributed by atoms with Gasteiger partial charge in [0.05, 0.1) is 22.8 Å². The summed E-state index contributed by atoms with van der Waals surface area (Å²) in [5.74, 6) is 0.467. The van der Waals surface area contributed by atoms with Crippen molar-refractivity contribution in [3.63, 3.8) is 0 Å². The minimum atomic E-state index is 0.00739. The van der Waals surface area contributed by atoms with Crippen LogP contribution in [0.25, 0.3) is 33.3 Å². The molecule has 1 saturated carbocycles. The van der Waals surface area contributed by atoms with E-state index >= 15 is 0 Å². The van der Waals surface area contributed by atoms with Crippen LogP contribution in [0.1, 0.15) is 30.1 Å². The predicted molar refractivity (Wildman–Crippen MR) is 137 cm³/mol. The minimum absolute atomic E-state index is 0.00739. The zero-order valence-corrected chi connectivity index (χ0v) is 20.4. The van der Waals surface area contributed by atoms with E-state index in [1.165, 1.54) is 6.08 Å². The smallest absolute Gasteiger partial charge is 0.245 e. The van der Waals surface area contributed by atoms with E-state index < -0.39 is 0 Å². The molecule has 1 amide bonds. The third-order valence-electron chi connectivity index (χ3n) is 7.55. The van der Waals surface area contributed by atoms with E-state index in [0.29, 0.717) is 10.8 Å². The van der Waals surface area contributed by atoms with Gasteiger partial charge in [-0.2, -0.15) is 10.2 Å². The first-order valence-electron chi connectivity index (χ1n) is 11.6. The van der Waals surface area contributed by atoms with Crippen molar-refractivity contribution in [1.29, 1.82) is 0 Å². The molecule has 0 radical (unpaired) electrons. The van der Waals surface area contributed by atoms with Crippen LogP contribution in [0.15, 0.2) is 43.2 Å². The number of rotatable bonds is 4. The van der Waals surface area contributed by atoms with Crippen molar-refractivity contribution in [2.24, 2.45) is 5.41 Å². The molecule has 6 rings (SSSR count). The van der Waals surface area contributed by atoms with E-state index in [1.807, 2.05) is 30.2 Å². The standard InChI is InChI=1S/C26H26ClN7O/c1-4-21(35)33-12-26(13-33)8-17(9-26)34-15(3)22(25(32-34)16-5-6-20(28)29-10-16)23-18-11-30-31-19(18)7-14(2)24(23)27/h4-7,10-11,17H,1,8-9,12-13H2,2-3H3,(H2,28,29)(H,30,31). The number of aromatic nitrogens is 5. The summed E-state index contributed by atoms with van der Waals surface area (Å²) in [4.78, 5) is 18.1. The highest BCUT2D eigenvalue weighted by atomic mass is 35.5. The first kappa shape index (κ1) is 21.9. The maximum absolute atomic E-state index is 11.9. The Morgan fingerprint density at radius 1 is 1.26 bits per heavy atom. The Morgan fingerprint density at radius 3 is 2.71 bits per heavy atom. The van der Waals surface area contributed by atoms with Crippen molar-refractivity contribution in [3.8, 4) is 22.4 Å². The Bertz CT molecular complexity index is 1490. The number of fused-ring (bicyclic) bond motifs is 1. The van der Waals surface area contributed by atoms with E-state index in [-0.39, 0.29) is 17.4 Å². The number of nitrogen functional groups attached to an aromatic ring is 1. The molecular formula is C26H26ClN7O. The first-order chi connectivity index (χ1) is 16.8. The third-order valence-corrected chi connectivity index (χ3v) is 8.03. The quantitative estimate of drug-likeness (QED) is 0.406. The highest BCUT2D eigenvalue weighted by Gasteiger charge is 2.54. The van der Waals surface area contributed by atoms with E-state index in [4.69, 9.17) is 22.4 Å². The summed E-state index contributed by atoms with van der Waals surface area (Å²) in [7, 11) is 0. The van der Waals surface area contributed by atoms with Crippen molar-refractivity contribution < 1.29 is 4.79 Å². The van der Waals surface area contributed by atoms with Crippen LogP contribution in [0.5, 0.6) is 0 Å². The maximum atomic E-state index is 11.9. The molecule has 178 valence electrons. The molecule has 9 heteroatoms. The minimum Gasteiger partial charge on any atom is -0.384 e. The van der Waals surface area contributed by atoms with Gasteiger partial charge in [0, 0.05) is 52.5 Å². The molecule has 35 heavy (non-hydrogen) atoms. The van der Waals surface area contributed by atoms with Crippen LogP contribution >= 0.6 is 11.6 Å². The van der Waals surface area contributed by atoms with Gasteiger partial charge in [0.1, 0.15) is 11.5 Å². The lowest BCUT2D eigenvalue weighted by molar-refractivity contribution is -0.149. The summed E-state index contributed by atoms with van der Waals surface area (Å²) in [5, 5.41) is 14.1. The van der Waals surface area contributed by atoms with Crippen LogP contribution in [0.3, 0.4) is 0 Å². The fourth-order valence-corrected chi connectivity index (χ4v) is 6.04. The SMILES string of the molecule is C=CC(=O)N1CC2(CC(n3nc(-c4ccc(N)nc4)c(-c4c(Cl)c(C)cc5[nH]ncc45)c3C)C2)C1. The van der Waals surface area contributed by atoms with Crippen LogP contribution in [0.2, 0.25) is 5.02 Å². The van der Waals surface area contributed by atoms with Gasteiger partial charge >= 0.3 is 0 Å². The number of anilines is 1. The van der Waals surface area contributed by atoms with E-state index in [1.54, 1.807) is 12.3 Å². The van der Waals surface area contributed by atoms with Crippen molar-refractivity contribution in [3.05, 3.63) is 59.5 Å². The highest BCUT2D eigenvalue weighted by Crippen LogP contribution is 2.55. The van der Waals surface area contributed by atoms with Gasteiger partial charge in [-0.05, 0) is 56.5 Å². The first-order valence-corrected chi connectivity index (χ1v) is 12.0. The molecule has 1 aromatic carbocycles. The second-order valence-corrected chi connectivity index (χ2v) is 10.3. The highest BCUT2D eigenvalue weighted by molar-refractivity contribution is 6.36. The van der Waals surface area contributed by atoms with E-state index in [0.717, 1.165) is 70.5 Å². The molecule has 1 saturated heterocycles. The summed E-state index contributed by atoms with van der Waals surface area (Å²) < 4.78 is 2.13. The molecular weight excluding hydrogens is 462 g/mol. The molecule has 1 spiro atoms. The largest absolute Gasteiger partial charge is 0.384 e. The van der Waals surface area contributed by atoms with Crippen molar-refractivity contribution >= 4 is 34.2 Å². The number of amides is 1. The number of aryl methyl sites for hydroxylation is 1. The second kappa shape index (κ2) is 7.68.